The predicted octanol–water partition coefficient (Wildman–Crippen LogP) is 3.30. The lowest BCUT2D eigenvalue weighted by Gasteiger charge is -2.24. The number of hydrogen-bond donors (Lipinski definition) is 1. The summed E-state index contributed by atoms with van der Waals surface area (Å²) in [5.41, 5.74) is 1.15. The van der Waals surface area contributed by atoms with Crippen LogP contribution in [0, 0.1) is 11.3 Å². The molecule has 1 aliphatic rings. The number of carbonyl (C=O) groups excluding carboxylic acids is 1. The number of nitrogens with one attached hydrogen (secondary N) is 1. The van der Waals surface area contributed by atoms with Crippen molar-refractivity contribution < 1.29 is 4.79 Å². The molecule has 1 atom stereocenters. The lowest BCUT2D eigenvalue weighted by molar-refractivity contribution is -0.117. The standard InChI is InChI=1S/C12H9ClN2OS2/c1-17-12-9(6-14)10(16)15-11(18-12)7-2-4-8(13)5-3-7/h2-5,11H,1H3,(H,15,16)/t11-/m1/s1. The summed E-state index contributed by atoms with van der Waals surface area (Å²) in [6.45, 7) is 0. The van der Waals surface area contributed by atoms with Crippen LogP contribution in [-0.2, 0) is 4.79 Å². The highest BCUT2D eigenvalue weighted by Crippen LogP contribution is 2.42. The lowest BCUT2D eigenvalue weighted by atomic mass is 10.2. The molecular formula is C12H9ClN2OS2. The molecule has 0 fully saturated rings. The Morgan fingerprint density at radius 1 is 1.44 bits per heavy atom. The highest BCUT2D eigenvalue weighted by Gasteiger charge is 2.28. The number of thioether (sulfide) groups is 2. The molecule has 0 spiro atoms. The van der Waals surface area contributed by atoms with Gasteiger partial charge in [0.05, 0.1) is 4.24 Å². The molecule has 1 N–H and O–H groups in total. The quantitative estimate of drug-likeness (QED) is 0.910. The van der Waals surface area contributed by atoms with Gasteiger partial charge in [0.25, 0.3) is 5.91 Å². The van der Waals surface area contributed by atoms with Gasteiger partial charge in [-0.05, 0) is 24.0 Å². The van der Waals surface area contributed by atoms with Crippen molar-refractivity contribution in [3.63, 3.8) is 0 Å². The van der Waals surface area contributed by atoms with Gasteiger partial charge in [-0.2, -0.15) is 5.26 Å². The Morgan fingerprint density at radius 2 is 2.11 bits per heavy atom. The van der Waals surface area contributed by atoms with Crippen molar-refractivity contribution in [2.45, 2.75) is 5.37 Å². The maximum atomic E-state index is 11.8. The van der Waals surface area contributed by atoms with Gasteiger partial charge >= 0.3 is 0 Å². The van der Waals surface area contributed by atoms with Crippen LogP contribution in [0.15, 0.2) is 34.1 Å². The second-order valence-corrected chi connectivity index (χ2v) is 6.13. The van der Waals surface area contributed by atoms with Crippen molar-refractivity contribution in [3.8, 4) is 6.07 Å². The molecule has 1 aliphatic heterocycles. The van der Waals surface area contributed by atoms with Crippen LogP contribution < -0.4 is 5.32 Å². The summed E-state index contributed by atoms with van der Waals surface area (Å²) in [6.07, 6.45) is 1.86. The first-order valence-electron chi connectivity index (χ1n) is 5.07. The fraction of sp³-hybridized carbons (Fsp3) is 0.167. The van der Waals surface area contributed by atoms with E-state index in [1.807, 2.05) is 24.5 Å². The Bertz CT molecular complexity index is 548. The van der Waals surface area contributed by atoms with Crippen LogP contribution in [0.5, 0.6) is 0 Å². The largest absolute Gasteiger partial charge is 0.335 e. The molecule has 18 heavy (non-hydrogen) atoms. The van der Waals surface area contributed by atoms with Gasteiger partial charge < -0.3 is 5.32 Å². The summed E-state index contributed by atoms with van der Waals surface area (Å²) in [4.78, 5) is 11.8. The number of hydrogen-bond acceptors (Lipinski definition) is 4. The van der Waals surface area contributed by atoms with Crippen LogP contribution in [0.3, 0.4) is 0 Å². The molecule has 0 saturated heterocycles. The fourth-order valence-electron chi connectivity index (χ4n) is 1.51. The zero-order chi connectivity index (χ0) is 13.1. The molecule has 0 aromatic heterocycles. The third-order valence-corrected chi connectivity index (χ3v) is 5.05. The number of benzene rings is 1. The van der Waals surface area contributed by atoms with Gasteiger partial charge in [-0.3, -0.25) is 4.79 Å². The van der Waals surface area contributed by atoms with Crippen molar-refractivity contribution in [2.24, 2.45) is 0 Å². The number of rotatable bonds is 2. The third-order valence-electron chi connectivity index (χ3n) is 2.39. The minimum atomic E-state index is -0.319. The van der Waals surface area contributed by atoms with Gasteiger partial charge in [-0.15, -0.1) is 11.8 Å². The van der Waals surface area contributed by atoms with Crippen molar-refractivity contribution in [1.29, 1.82) is 5.26 Å². The van der Waals surface area contributed by atoms with Crippen LogP contribution >= 0.6 is 35.1 Å². The van der Waals surface area contributed by atoms with E-state index in [9.17, 15) is 4.79 Å². The van der Waals surface area contributed by atoms with Gasteiger partial charge in [0.1, 0.15) is 17.0 Å². The summed E-state index contributed by atoms with van der Waals surface area (Å²) >= 11 is 8.72. The van der Waals surface area contributed by atoms with E-state index in [0.29, 0.717) is 5.02 Å². The van der Waals surface area contributed by atoms with Crippen molar-refractivity contribution in [2.75, 3.05) is 6.26 Å². The molecule has 6 heteroatoms. The van der Waals surface area contributed by atoms with Crippen molar-refractivity contribution >= 4 is 41.0 Å². The lowest BCUT2D eigenvalue weighted by Crippen LogP contribution is -2.31. The van der Waals surface area contributed by atoms with E-state index >= 15 is 0 Å². The first-order valence-corrected chi connectivity index (χ1v) is 7.55. The monoisotopic (exact) mass is 296 g/mol. The number of halogens is 1. The summed E-state index contributed by atoms with van der Waals surface area (Å²) in [5, 5.41) is 12.2. The number of amides is 1. The van der Waals surface area contributed by atoms with E-state index in [0.717, 1.165) is 9.80 Å². The second kappa shape index (κ2) is 5.70. The zero-order valence-corrected chi connectivity index (χ0v) is 11.8. The summed E-state index contributed by atoms with van der Waals surface area (Å²) in [6, 6.07) is 9.25. The first kappa shape index (κ1) is 13.3. The second-order valence-electron chi connectivity index (χ2n) is 3.50. The normalized spacial score (nSPS) is 19.4. The molecule has 1 aromatic carbocycles. The third kappa shape index (κ3) is 2.66. The van der Waals surface area contributed by atoms with Crippen molar-refractivity contribution in [3.05, 3.63) is 44.7 Å². The van der Waals surface area contributed by atoms with Crippen molar-refractivity contribution in [1.82, 2.24) is 5.32 Å². The molecular weight excluding hydrogens is 288 g/mol. The fourth-order valence-corrected chi connectivity index (χ4v) is 3.59. The molecule has 0 saturated carbocycles. The Labute approximate surface area is 119 Å². The molecule has 1 amide bonds. The average molecular weight is 297 g/mol. The molecule has 3 nitrogen and oxygen atoms in total. The topological polar surface area (TPSA) is 52.9 Å². The number of nitrogens with zero attached hydrogens (tertiary/aromatic N) is 1. The maximum Gasteiger partial charge on any atom is 0.264 e. The highest BCUT2D eigenvalue weighted by molar-refractivity contribution is 8.22. The molecule has 1 aromatic rings. The Morgan fingerprint density at radius 3 is 2.67 bits per heavy atom. The van der Waals surface area contributed by atoms with E-state index in [1.165, 1.54) is 23.5 Å². The summed E-state index contributed by atoms with van der Waals surface area (Å²) < 4.78 is 0.751. The average Bonchev–Trinajstić information content (AvgIpc) is 2.38. The molecule has 1 heterocycles. The van der Waals surface area contributed by atoms with Gasteiger partial charge in [0, 0.05) is 5.02 Å². The Hall–Kier alpha value is -1.09. The Balaban J connectivity index is 2.30. The van der Waals surface area contributed by atoms with Gasteiger partial charge in [0.2, 0.25) is 0 Å². The number of carbonyl (C=O) groups is 1. The summed E-state index contributed by atoms with van der Waals surface area (Å²) in [5.74, 6) is -0.319. The van der Waals surface area contributed by atoms with Crippen LogP contribution in [0.25, 0.3) is 0 Å². The first-order chi connectivity index (χ1) is 8.65. The summed E-state index contributed by atoms with van der Waals surface area (Å²) in [7, 11) is 0. The smallest absolute Gasteiger partial charge is 0.264 e. The van der Waals surface area contributed by atoms with E-state index < -0.39 is 0 Å². The highest BCUT2D eigenvalue weighted by atomic mass is 35.5. The van der Waals surface area contributed by atoms with Gasteiger partial charge in [0.15, 0.2) is 0 Å². The van der Waals surface area contributed by atoms with E-state index in [1.54, 1.807) is 12.1 Å². The SMILES string of the molecule is CSC1=C(C#N)C(=O)N[C@@H](c2ccc(Cl)cc2)S1. The van der Waals surface area contributed by atoms with E-state index in [2.05, 4.69) is 5.32 Å². The number of nitriles is 1. The van der Waals surface area contributed by atoms with Crippen LogP contribution in [-0.4, -0.2) is 12.2 Å². The molecule has 0 unspecified atom stereocenters. The molecule has 0 aliphatic carbocycles. The molecule has 0 bridgehead atoms. The van der Waals surface area contributed by atoms with Crippen LogP contribution in [0.1, 0.15) is 10.9 Å². The van der Waals surface area contributed by atoms with Gasteiger partial charge in [-0.1, -0.05) is 35.5 Å². The molecule has 2 rings (SSSR count). The van der Waals surface area contributed by atoms with E-state index in [-0.39, 0.29) is 16.9 Å². The Kier molecular flexibility index (Phi) is 4.23. The molecule has 0 radical (unpaired) electrons. The van der Waals surface area contributed by atoms with Gasteiger partial charge in [-0.25, -0.2) is 0 Å². The maximum absolute atomic E-state index is 11.8. The van der Waals surface area contributed by atoms with Crippen LogP contribution in [0.2, 0.25) is 5.02 Å². The molecule has 92 valence electrons. The van der Waals surface area contributed by atoms with E-state index in [4.69, 9.17) is 16.9 Å². The minimum Gasteiger partial charge on any atom is -0.335 e. The van der Waals surface area contributed by atoms with Crippen LogP contribution in [0.4, 0.5) is 0 Å². The minimum absolute atomic E-state index is 0.172. The predicted molar refractivity (Wildman–Crippen MR) is 76.1 cm³/mol. The zero-order valence-electron chi connectivity index (χ0n) is 9.44.